The monoisotopic (exact) mass is 384 g/mol. The van der Waals surface area contributed by atoms with Gasteiger partial charge in [-0.25, -0.2) is 4.98 Å². The number of methoxy groups -OCH3 is 2. The Labute approximate surface area is 130 Å². The third-order valence-electron chi connectivity index (χ3n) is 2.62. The summed E-state index contributed by atoms with van der Waals surface area (Å²) in [4.78, 5) is 16.5. The van der Waals surface area contributed by atoms with Crippen LogP contribution in [0.25, 0.3) is 0 Å². The van der Waals surface area contributed by atoms with Gasteiger partial charge in [0, 0.05) is 9.77 Å². The van der Waals surface area contributed by atoms with Crippen LogP contribution in [-0.4, -0.2) is 25.1 Å². The molecule has 0 radical (unpaired) electrons. The van der Waals surface area contributed by atoms with Crippen LogP contribution < -0.4 is 14.8 Å². The molecule has 104 valence electrons. The molecule has 0 aliphatic rings. The molecule has 0 unspecified atom stereocenters. The number of aromatic nitrogens is 1. The average molecular weight is 384 g/mol. The van der Waals surface area contributed by atoms with Crippen LogP contribution in [0.15, 0.2) is 36.5 Å². The molecule has 1 aromatic heterocycles. The van der Waals surface area contributed by atoms with E-state index in [1.165, 1.54) is 14.2 Å². The van der Waals surface area contributed by atoms with Gasteiger partial charge in [0.15, 0.2) is 0 Å². The number of amides is 1. The van der Waals surface area contributed by atoms with Gasteiger partial charge in [0.05, 0.1) is 14.2 Å². The van der Waals surface area contributed by atoms with Crippen molar-refractivity contribution in [3.8, 4) is 11.5 Å². The van der Waals surface area contributed by atoms with Crippen LogP contribution in [0.3, 0.4) is 0 Å². The molecule has 20 heavy (non-hydrogen) atoms. The minimum Gasteiger partial charge on any atom is -0.496 e. The fourth-order valence-electron chi connectivity index (χ4n) is 1.70. The van der Waals surface area contributed by atoms with E-state index >= 15 is 0 Å². The predicted octanol–water partition coefficient (Wildman–Crippen LogP) is 2.96. The van der Waals surface area contributed by atoms with E-state index in [1.807, 2.05) is 6.07 Å². The topological polar surface area (TPSA) is 60.5 Å². The number of carbonyl (C=O) groups is 1. The number of nitrogens with zero attached hydrogens (tertiary/aromatic N) is 1. The quantitative estimate of drug-likeness (QED) is 0.824. The van der Waals surface area contributed by atoms with Crippen LogP contribution in [-0.2, 0) is 0 Å². The van der Waals surface area contributed by atoms with Crippen molar-refractivity contribution in [2.45, 2.75) is 0 Å². The van der Waals surface area contributed by atoms with Crippen LogP contribution in [0.4, 0.5) is 5.82 Å². The number of anilines is 1. The number of pyridine rings is 1. The molecule has 0 saturated carbocycles. The highest BCUT2D eigenvalue weighted by Crippen LogP contribution is 2.28. The Morgan fingerprint density at radius 2 is 1.80 bits per heavy atom. The van der Waals surface area contributed by atoms with Crippen molar-refractivity contribution in [2.75, 3.05) is 19.5 Å². The Morgan fingerprint density at radius 3 is 2.30 bits per heavy atom. The predicted molar refractivity (Wildman–Crippen MR) is 84.5 cm³/mol. The Balaban J connectivity index is 2.31. The number of rotatable bonds is 4. The summed E-state index contributed by atoms with van der Waals surface area (Å²) in [6.07, 6.45) is 1.68. The number of hydrogen-bond donors (Lipinski definition) is 1. The fraction of sp³-hybridized carbons (Fsp3) is 0.143. The van der Waals surface area contributed by atoms with Crippen molar-refractivity contribution < 1.29 is 14.3 Å². The van der Waals surface area contributed by atoms with Gasteiger partial charge in [-0.05, 0) is 46.9 Å². The minimum atomic E-state index is -0.326. The maximum atomic E-state index is 12.3. The second kappa shape index (κ2) is 6.56. The molecule has 0 aliphatic carbocycles. The summed E-state index contributed by atoms with van der Waals surface area (Å²) in [6, 6.07) is 8.78. The zero-order chi connectivity index (χ0) is 14.5. The molecule has 1 N–H and O–H groups in total. The van der Waals surface area contributed by atoms with E-state index in [9.17, 15) is 4.79 Å². The maximum absolute atomic E-state index is 12.3. The number of halogens is 1. The number of benzene rings is 1. The first kappa shape index (κ1) is 14.6. The molecular formula is C14H13IN2O3. The first-order valence-corrected chi connectivity index (χ1v) is 6.87. The lowest BCUT2D eigenvalue weighted by atomic mass is 10.1. The molecule has 2 aromatic rings. The highest BCUT2D eigenvalue weighted by molar-refractivity contribution is 14.1. The van der Waals surface area contributed by atoms with Crippen molar-refractivity contribution in [2.24, 2.45) is 0 Å². The van der Waals surface area contributed by atoms with E-state index in [1.54, 1.807) is 30.5 Å². The molecule has 1 amide bonds. The highest BCUT2D eigenvalue weighted by atomic mass is 127. The Morgan fingerprint density at radius 1 is 1.15 bits per heavy atom. The third-order valence-corrected chi connectivity index (χ3v) is 3.26. The van der Waals surface area contributed by atoms with Crippen molar-refractivity contribution in [3.05, 3.63) is 45.7 Å². The molecule has 2 rings (SSSR count). The third kappa shape index (κ3) is 3.19. The number of carbonyl (C=O) groups excluding carboxylic acids is 1. The molecule has 0 spiro atoms. The molecule has 0 saturated heterocycles. The molecule has 5 nitrogen and oxygen atoms in total. The van der Waals surface area contributed by atoms with Crippen molar-refractivity contribution in [1.82, 2.24) is 4.98 Å². The van der Waals surface area contributed by atoms with E-state index in [2.05, 4.69) is 32.9 Å². The van der Waals surface area contributed by atoms with Gasteiger partial charge >= 0.3 is 0 Å². The Kier molecular flexibility index (Phi) is 4.78. The fourth-order valence-corrected chi connectivity index (χ4v) is 2.02. The molecular weight excluding hydrogens is 371 g/mol. The molecule has 1 heterocycles. The van der Waals surface area contributed by atoms with Gasteiger partial charge in [0.2, 0.25) is 0 Å². The van der Waals surface area contributed by atoms with Gasteiger partial charge in [-0.15, -0.1) is 0 Å². The number of ether oxygens (including phenoxy) is 2. The summed E-state index contributed by atoms with van der Waals surface area (Å²) < 4.78 is 11.4. The minimum absolute atomic E-state index is 0.326. The summed E-state index contributed by atoms with van der Waals surface area (Å²) in [5.41, 5.74) is 0.345. The van der Waals surface area contributed by atoms with Crippen molar-refractivity contribution >= 4 is 34.3 Å². The summed E-state index contributed by atoms with van der Waals surface area (Å²) >= 11 is 2.15. The average Bonchev–Trinajstić information content (AvgIpc) is 2.48. The first-order valence-electron chi connectivity index (χ1n) is 5.79. The van der Waals surface area contributed by atoms with Crippen LogP contribution >= 0.6 is 22.6 Å². The summed E-state index contributed by atoms with van der Waals surface area (Å²) in [5.74, 6) is 1.05. The second-order valence-corrected chi connectivity index (χ2v) is 5.10. The molecule has 6 heteroatoms. The summed E-state index contributed by atoms with van der Waals surface area (Å²) in [5, 5.41) is 2.72. The maximum Gasteiger partial charge on any atom is 0.264 e. The van der Waals surface area contributed by atoms with Gasteiger partial charge < -0.3 is 14.8 Å². The van der Waals surface area contributed by atoms with Crippen molar-refractivity contribution in [1.29, 1.82) is 0 Å². The number of hydrogen-bond acceptors (Lipinski definition) is 4. The smallest absolute Gasteiger partial charge is 0.264 e. The lowest BCUT2D eigenvalue weighted by Gasteiger charge is -2.12. The molecule has 0 aliphatic heterocycles. The van der Waals surface area contributed by atoms with Gasteiger partial charge in [-0.2, -0.15) is 0 Å². The molecule has 0 bridgehead atoms. The number of nitrogens with one attached hydrogen (secondary N) is 1. The van der Waals surface area contributed by atoms with Crippen LogP contribution in [0.2, 0.25) is 0 Å². The SMILES string of the molecule is COc1cccc(OC)c1C(=O)Nc1ccc(I)cn1. The van der Waals surface area contributed by atoms with Crippen molar-refractivity contribution in [3.63, 3.8) is 0 Å². The second-order valence-electron chi connectivity index (χ2n) is 3.85. The Bertz CT molecular complexity index is 592. The standard InChI is InChI=1S/C14H13IN2O3/c1-19-10-4-3-5-11(20-2)13(10)14(18)17-12-7-6-9(15)8-16-12/h3-8H,1-2H3,(H,16,17,18). The highest BCUT2D eigenvalue weighted by Gasteiger charge is 2.18. The van der Waals surface area contributed by atoms with Gasteiger partial charge in [0.1, 0.15) is 22.9 Å². The lowest BCUT2D eigenvalue weighted by molar-refractivity contribution is 0.102. The van der Waals surface area contributed by atoms with E-state index in [0.717, 1.165) is 3.57 Å². The van der Waals surface area contributed by atoms with Crippen LogP contribution in [0, 0.1) is 3.57 Å². The summed E-state index contributed by atoms with van der Waals surface area (Å²) in [7, 11) is 3.02. The first-order chi connectivity index (χ1) is 9.65. The van der Waals surface area contributed by atoms with Crippen LogP contribution in [0.5, 0.6) is 11.5 Å². The zero-order valence-electron chi connectivity index (χ0n) is 11.0. The zero-order valence-corrected chi connectivity index (χ0v) is 13.2. The van der Waals surface area contributed by atoms with Gasteiger partial charge in [-0.3, -0.25) is 4.79 Å². The largest absolute Gasteiger partial charge is 0.496 e. The van der Waals surface area contributed by atoms with Gasteiger partial charge in [-0.1, -0.05) is 6.07 Å². The van der Waals surface area contributed by atoms with Crippen LogP contribution in [0.1, 0.15) is 10.4 Å². The van der Waals surface area contributed by atoms with Gasteiger partial charge in [0.25, 0.3) is 5.91 Å². The van der Waals surface area contributed by atoms with E-state index in [4.69, 9.17) is 9.47 Å². The molecule has 1 aromatic carbocycles. The molecule has 0 atom stereocenters. The lowest BCUT2D eigenvalue weighted by Crippen LogP contribution is -2.15. The Hall–Kier alpha value is -1.83. The normalized spacial score (nSPS) is 9.95. The van der Waals surface area contributed by atoms with E-state index in [0.29, 0.717) is 22.9 Å². The van der Waals surface area contributed by atoms with E-state index in [-0.39, 0.29) is 5.91 Å². The molecule has 0 fully saturated rings. The summed E-state index contributed by atoms with van der Waals surface area (Å²) in [6.45, 7) is 0. The van der Waals surface area contributed by atoms with E-state index < -0.39 is 0 Å².